The fraction of sp³-hybridized carbons (Fsp3) is 0.286. The molecule has 0 spiro atoms. The zero-order valence-corrected chi connectivity index (χ0v) is 16.0. The van der Waals surface area contributed by atoms with Crippen LogP contribution in [0.3, 0.4) is 0 Å². The van der Waals surface area contributed by atoms with E-state index in [-0.39, 0.29) is 6.42 Å². The SMILES string of the molecule is CC[C@]1(c2ccc(F)cc2)NC(=O)N(CC(=O)Nc2cccc(C)c2C)C1=O. The van der Waals surface area contributed by atoms with Gasteiger partial charge < -0.3 is 10.6 Å². The van der Waals surface area contributed by atoms with Gasteiger partial charge in [-0.1, -0.05) is 31.2 Å². The molecule has 0 aromatic heterocycles. The van der Waals surface area contributed by atoms with Crippen LogP contribution in [0.15, 0.2) is 42.5 Å². The van der Waals surface area contributed by atoms with Crippen LogP contribution >= 0.6 is 0 Å². The fourth-order valence-corrected chi connectivity index (χ4v) is 3.36. The molecule has 1 aliphatic heterocycles. The first-order chi connectivity index (χ1) is 13.3. The minimum atomic E-state index is -1.30. The van der Waals surface area contributed by atoms with Crippen molar-refractivity contribution in [2.24, 2.45) is 0 Å². The van der Waals surface area contributed by atoms with Gasteiger partial charge in [0.2, 0.25) is 5.91 Å². The van der Waals surface area contributed by atoms with Crippen molar-refractivity contribution in [2.75, 3.05) is 11.9 Å². The summed E-state index contributed by atoms with van der Waals surface area (Å²) in [5, 5.41) is 5.43. The molecule has 6 nitrogen and oxygen atoms in total. The van der Waals surface area contributed by atoms with Gasteiger partial charge in [0.15, 0.2) is 0 Å². The minimum absolute atomic E-state index is 0.276. The summed E-state index contributed by atoms with van der Waals surface area (Å²) < 4.78 is 13.3. The summed E-state index contributed by atoms with van der Waals surface area (Å²) in [4.78, 5) is 38.8. The predicted molar refractivity (Wildman–Crippen MR) is 103 cm³/mol. The average Bonchev–Trinajstić information content (AvgIpc) is 2.91. The molecule has 0 aliphatic carbocycles. The molecule has 1 aliphatic rings. The summed E-state index contributed by atoms with van der Waals surface area (Å²) in [6.45, 7) is 5.16. The van der Waals surface area contributed by atoms with E-state index in [0.29, 0.717) is 11.3 Å². The Morgan fingerprint density at radius 1 is 1.14 bits per heavy atom. The van der Waals surface area contributed by atoms with Crippen molar-refractivity contribution in [3.63, 3.8) is 0 Å². The molecule has 0 bridgehead atoms. The van der Waals surface area contributed by atoms with Gasteiger partial charge in [0.1, 0.15) is 17.9 Å². The van der Waals surface area contributed by atoms with E-state index in [1.165, 1.54) is 24.3 Å². The summed E-state index contributed by atoms with van der Waals surface area (Å²) in [5.41, 5.74) is 1.76. The highest BCUT2D eigenvalue weighted by Crippen LogP contribution is 2.32. The number of hydrogen-bond donors (Lipinski definition) is 2. The van der Waals surface area contributed by atoms with Gasteiger partial charge in [-0.2, -0.15) is 0 Å². The Morgan fingerprint density at radius 3 is 2.46 bits per heavy atom. The van der Waals surface area contributed by atoms with Crippen molar-refractivity contribution in [1.29, 1.82) is 0 Å². The number of rotatable bonds is 5. The quantitative estimate of drug-likeness (QED) is 0.778. The number of hydrogen-bond acceptors (Lipinski definition) is 3. The average molecular weight is 383 g/mol. The van der Waals surface area contributed by atoms with Gasteiger partial charge in [-0.05, 0) is 55.2 Å². The molecule has 146 valence electrons. The second-order valence-electron chi connectivity index (χ2n) is 6.88. The topological polar surface area (TPSA) is 78.5 Å². The summed E-state index contributed by atoms with van der Waals surface area (Å²) in [7, 11) is 0. The molecule has 2 aromatic rings. The van der Waals surface area contributed by atoms with Crippen LogP contribution in [-0.4, -0.2) is 29.3 Å². The van der Waals surface area contributed by atoms with Crippen molar-refractivity contribution in [2.45, 2.75) is 32.7 Å². The number of amides is 4. The highest BCUT2D eigenvalue weighted by Gasteiger charge is 2.51. The molecule has 0 unspecified atom stereocenters. The molecule has 2 N–H and O–H groups in total. The number of benzene rings is 2. The van der Waals surface area contributed by atoms with Crippen molar-refractivity contribution in [1.82, 2.24) is 10.2 Å². The lowest BCUT2D eigenvalue weighted by Crippen LogP contribution is -2.44. The van der Waals surface area contributed by atoms with E-state index in [1.807, 2.05) is 26.0 Å². The number of carbonyl (C=O) groups excluding carboxylic acids is 3. The number of imide groups is 1. The summed E-state index contributed by atoms with van der Waals surface area (Å²) in [5.74, 6) is -1.43. The molecule has 1 fully saturated rings. The van der Waals surface area contributed by atoms with Gasteiger partial charge in [0.05, 0.1) is 0 Å². The van der Waals surface area contributed by atoms with Crippen LogP contribution in [0.4, 0.5) is 14.9 Å². The zero-order valence-electron chi connectivity index (χ0n) is 16.0. The van der Waals surface area contributed by atoms with Crippen molar-refractivity contribution >= 4 is 23.5 Å². The van der Waals surface area contributed by atoms with Crippen LogP contribution in [0.25, 0.3) is 0 Å². The Labute approximate surface area is 162 Å². The van der Waals surface area contributed by atoms with Crippen LogP contribution in [0.2, 0.25) is 0 Å². The van der Waals surface area contributed by atoms with Gasteiger partial charge in [0.25, 0.3) is 5.91 Å². The number of nitrogens with one attached hydrogen (secondary N) is 2. The molecule has 0 radical (unpaired) electrons. The molecular formula is C21H22FN3O3. The van der Waals surface area contributed by atoms with Crippen LogP contribution in [0.1, 0.15) is 30.0 Å². The first-order valence-electron chi connectivity index (χ1n) is 9.04. The van der Waals surface area contributed by atoms with E-state index in [9.17, 15) is 18.8 Å². The number of nitrogens with zero attached hydrogens (tertiary/aromatic N) is 1. The van der Waals surface area contributed by atoms with E-state index in [2.05, 4.69) is 10.6 Å². The van der Waals surface area contributed by atoms with Gasteiger partial charge >= 0.3 is 6.03 Å². The summed E-state index contributed by atoms with van der Waals surface area (Å²) in [6, 6.07) is 10.3. The zero-order chi connectivity index (χ0) is 20.5. The Balaban J connectivity index is 1.80. The van der Waals surface area contributed by atoms with Crippen LogP contribution < -0.4 is 10.6 Å². The molecule has 7 heteroatoms. The fourth-order valence-electron chi connectivity index (χ4n) is 3.36. The maximum atomic E-state index is 13.3. The monoisotopic (exact) mass is 383 g/mol. The Kier molecular flexibility index (Phi) is 5.18. The molecule has 28 heavy (non-hydrogen) atoms. The van der Waals surface area contributed by atoms with E-state index in [0.717, 1.165) is 16.0 Å². The maximum Gasteiger partial charge on any atom is 0.325 e. The molecular weight excluding hydrogens is 361 g/mol. The highest BCUT2D eigenvalue weighted by atomic mass is 19.1. The molecule has 1 heterocycles. The third-order valence-electron chi connectivity index (χ3n) is 5.22. The first kappa shape index (κ1) is 19.5. The van der Waals surface area contributed by atoms with Crippen LogP contribution in [0.5, 0.6) is 0 Å². The van der Waals surface area contributed by atoms with Crippen molar-refractivity contribution < 1.29 is 18.8 Å². The second kappa shape index (κ2) is 7.42. The smallest absolute Gasteiger partial charge is 0.324 e. The minimum Gasteiger partial charge on any atom is -0.324 e. The largest absolute Gasteiger partial charge is 0.325 e. The van der Waals surface area contributed by atoms with Crippen LogP contribution in [-0.2, 0) is 15.1 Å². The Hall–Kier alpha value is -3.22. The van der Waals surface area contributed by atoms with Gasteiger partial charge in [0, 0.05) is 5.69 Å². The van der Waals surface area contributed by atoms with Gasteiger partial charge in [-0.15, -0.1) is 0 Å². The number of aryl methyl sites for hydroxylation is 1. The number of anilines is 1. The lowest BCUT2D eigenvalue weighted by molar-refractivity contribution is -0.134. The normalized spacial score (nSPS) is 18.9. The molecule has 3 rings (SSSR count). The van der Waals surface area contributed by atoms with E-state index in [1.54, 1.807) is 13.0 Å². The molecule has 2 aromatic carbocycles. The summed E-state index contributed by atoms with van der Waals surface area (Å²) >= 11 is 0. The third kappa shape index (κ3) is 3.35. The molecule has 0 saturated carbocycles. The van der Waals surface area contributed by atoms with E-state index >= 15 is 0 Å². The van der Waals surface area contributed by atoms with E-state index < -0.39 is 35.7 Å². The maximum absolute atomic E-state index is 13.3. The second-order valence-corrected chi connectivity index (χ2v) is 6.88. The Morgan fingerprint density at radius 2 is 1.82 bits per heavy atom. The van der Waals surface area contributed by atoms with E-state index in [4.69, 9.17) is 0 Å². The predicted octanol–water partition coefficient (Wildman–Crippen LogP) is 3.24. The lowest BCUT2D eigenvalue weighted by Gasteiger charge is -2.25. The van der Waals surface area contributed by atoms with Crippen molar-refractivity contribution in [3.8, 4) is 0 Å². The summed E-state index contributed by atoms with van der Waals surface area (Å²) in [6.07, 6.45) is 0.276. The number of urea groups is 1. The van der Waals surface area contributed by atoms with Gasteiger partial charge in [-0.3, -0.25) is 14.5 Å². The number of carbonyl (C=O) groups is 3. The van der Waals surface area contributed by atoms with Crippen molar-refractivity contribution in [3.05, 3.63) is 65.0 Å². The Bertz CT molecular complexity index is 942. The number of halogens is 1. The lowest BCUT2D eigenvalue weighted by atomic mass is 9.87. The first-order valence-corrected chi connectivity index (χ1v) is 9.04. The van der Waals surface area contributed by atoms with Crippen LogP contribution in [0, 0.1) is 19.7 Å². The highest BCUT2D eigenvalue weighted by molar-refractivity contribution is 6.10. The standard InChI is InChI=1S/C21H22FN3O3/c1-4-21(15-8-10-16(22)11-9-15)19(27)25(20(28)24-21)12-18(26)23-17-7-5-6-13(2)14(17)3/h5-11H,4,12H2,1-3H3,(H,23,26)(H,24,28)/t21-/m1/s1. The molecule has 4 amide bonds. The molecule has 1 atom stereocenters. The third-order valence-corrected chi connectivity index (χ3v) is 5.22. The molecule has 1 saturated heterocycles. The van der Waals surface area contributed by atoms with Gasteiger partial charge in [-0.25, -0.2) is 9.18 Å².